The molecule has 1 unspecified atom stereocenters. The summed E-state index contributed by atoms with van der Waals surface area (Å²) in [5, 5.41) is 2.46. The second kappa shape index (κ2) is 6.35. The minimum atomic E-state index is -0.538. The minimum absolute atomic E-state index is 0.167. The Bertz CT molecular complexity index is 714. The van der Waals surface area contributed by atoms with Crippen molar-refractivity contribution >= 4 is 18.0 Å². The van der Waals surface area contributed by atoms with Gasteiger partial charge in [-0.3, -0.25) is 9.69 Å². The van der Waals surface area contributed by atoms with Crippen LogP contribution >= 0.6 is 0 Å². The van der Waals surface area contributed by atoms with Gasteiger partial charge in [-0.25, -0.2) is 14.5 Å². The molecule has 1 atom stereocenters. The molecule has 24 heavy (non-hydrogen) atoms. The zero-order chi connectivity index (χ0) is 17.3. The third kappa shape index (κ3) is 2.62. The number of amides is 4. The van der Waals surface area contributed by atoms with Crippen molar-refractivity contribution in [2.45, 2.75) is 20.0 Å². The fraction of sp³-hybridized carbons (Fsp3) is 0.353. The van der Waals surface area contributed by atoms with Crippen molar-refractivity contribution in [3.63, 3.8) is 0 Å². The molecule has 0 bridgehead atoms. The topological polar surface area (TPSA) is 79.0 Å². The highest BCUT2D eigenvalue weighted by atomic mass is 16.6. The van der Waals surface area contributed by atoms with Gasteiger partial charge in [-0.1, -0.05) is 30.3 Å². The van der Waals surface area contributed by atoms with Crippen molar-refractivity contribution in [1.29, 1.82) is 0 Å². The van der Waals surface area contributed by atoms with Gasteiger partial charge in [0, 0.05) is 20.0 Å². The molecule has 0 radical (unpaired) electrons. The number of benzene rings is 1. The van der Waals surface area contributed by atoms with Crippen molar-refractivity contribution in [3.05, 3.63) is 47.3 Å². The van der Waals surface area contributed by atoms with E-state index < -0.39 is 18.0 Å². The van der Waals surface area contributed by atoms with Crippen LogP contribution in [0.2, 0.25) is 0 Å². The molecule has 7 heteroatoms. The lowest BCUT2D eigenvalue weighted by molar-refractivity contribution is -0.128. The lowest BCUT2D eigenvalue weighted by Gasteiger charge is -2.21. The molecule has 0 saturated carbocycles. The highest BCUT2D eigenvalue weighted by Gasteiger charge is 2.47. The molecule has 1 N–H and O–H groups in total. The summed E-state index contributed by atoms with van der Waals surface area (Å²) in [6, 6.07) is 8.91. The molecule has 0 spiro atoms. The number of carbonyl (C=O) groups is 3. The lowest BCUT2D eigenvalue weighted by atomic mass is 10.1. The summed E-state index contributed by atoms with van der Waals surface area (Å²) in [6.07, 6.45) is -0.0403. The quantitative estimate of drug-likeness (QED) is 0.901. The number of carbonyl (C=O) groups excluding carboxylic acids is 3. The molecule has 0 aromatic heterocycles. The van der Waals surface area contributed by atoms with Gasteiger partial charge in [0.1, 0.15) is 6.61 Å². The number of nitrogens with zero attached hydrogens (tertiary/aromatic N) is 2. The predicted octanol–water partition coefficient (Wildman–Crippen LogP) is 2.06. The number of imide groups is 1. The van der Waals surface area contributed by atoms with Crippen LogP contribution in [0.4, 0.5) is 9.59 Å². The fourth-order valence-electron chi connectivity index (χ4n) is 3.10. The molecule has 7 nitrogen and oxygen atoms in total. The van der Waals surface area contributed by atoms with E-state index in [2.05, 4.69) is 5.32 Å². The molecule has 0 saturated heterocycles. The van der Waals surface area contributed by atoms with Crippen LogP contribution in [-0.4, -0.2) is 41.4 Å². The second-order valence-electron chi connectivity index (χ2n) is 5.72. The van der Waals surface area contributed by atoms with Gasteiger partial charge >= 0.3 is 12.1 Å². The first-order valence-corrected chi connectivity index (χ1v) is 7.81. The van der Waals surface area contributed by atoms with E-state index in [0.717, 1.165) is 10.5 Å². The lowest BCUT2D eigenvalue weighted by Crippen LogP contribution is -2.41. The van der Waals surface area contributed by atoms with Gasteiger partial charge in [-0.05, 0) is 12.5 Å². The molecule has 2 aliphatic heterocycles. The van der Waals surface area contributed by atoms with E-state index in [0.29, 0.717) is 24.4 Å². The fourth-order valence-corrected chi connectivity index (χ4v) is 3.10. The Morgan fingerprint density at radius 1 is 1.29 bits per heavy atom. The van der Waals surface area contributed by atoms with Crippen LogP contribution in [0.1, 0.15) is 18.9 Å². The van der Waals surface area contributed by atoms with Crippen LogP contribution in [0, 0.1) is 5.92 Å². The number of ether oxygens (including phenoxy) is 1. The molecule has 0 aliphatic carbocycles. The highest BCUT2D eigenvalue weighted by Crippen LogP contribution is 2.39. The molecule has 2 aliphatic rings. The van der Waals surface area contributed by atoms with E-state index in [1.54, 1.807) is 6.92 Å². The minimum Gasteiger partial charge on any atom is -0.444 e. The first-order chi connectivity index (χ1) is 11.5. The molecule has 4 amide bonds. The zero-order valence-electron chi connectivity index (χ0n) is 13.6. The summed E-state index contributed by atoms with van der Waals surface area (Å²) in [4.78, 5) is 39.2. The van der Waals surface area contributed by atoms with Crippen molar-refractivity contribution in [1.82, 2.24) is 15.1 Å². The third-order valence-electron chi connectivity index (χ3n) is 4.27. The van der Waals surface area contributed by atoms with Gasteiger partial charge in [0.05, 0.1) is 17.3 Å². The van der Waals surface area contributed by atoms with Crippen LogP contribution in [0.3, 0.4) is 0 Å². The standard InChI is InChI=1S/C17H19N3O4/c1-11-14-13(20(15(11)21)16(22)18-2)8-9-19(14)17(23)24-10-12-6-4-3-5-7-12/h3-7,11H,8-10H2,1-2H3,(H,18,22). The third-order valence-corrected chi connectivity index (χ3v) is 4.27. The molecule has 1 aromatic rings. The van der Waals surface area contributed by atoms with Gasteiger partial charge in [-0.15, -0.1) is 0 Å². The van der Waals surface area contributed by atoms with Gasteiger partial charge < -0.3 is 10.1 Å². The van der Waals surface area contributed by atoms with E-state index in [1.807, 2.05) is 30.3 Å². The SMILES string of the molecule is CNC(=O)N1C(=O)C(C)C2=C1CCN2C(=O)OCc1ccccc1. The maximum Gasteiger partial charge on any atom is 0.414 e. The number of hydrogen-bond acceptors (Lipinski definition) is 4. The Kier molecular flexibility index (Phi) is 4.24. The van der Waals surface area contributed by atoms with Crippen LogP contribution in [0.5, 0.6) is 0 Å². The van der Waals surface area contributed by atoms with E-state index in [-0.39, 0.29) is 12.5 Å². The summed E-state index contributed by atoms with van der Waals surface area (Å²) < 4.78 is 5.35. The van der Waals surface area contributed by atoms with Gasteiger partial charge in [0.25, 0.3) is 0 Å². The van der Waals surface area contributed by atoms with Crippen molar-refractivity contribution in [2.75, 3.05) is 13.6 Å². The van der Waals surface area contributed by atoms with Crippen LogP contribution in [-0.2, 0) is 16.1 Å². The summed E-state index contributed by atoms with van der Waals surface area (Å²) in [5.74, 6) is -0.857. The summed E-state index contributed by atoms with van der Waals surface area (Å²) >= 11 is 0. The van der Waals surface area contributed by atoms with Crippen LogP contribution < -0.4 is 5.32 Å². The monoisotopic (exact) mass is 329 g/mol. The Morgan fingerprint density at radius 3 is 2.67 bits per heavy atom. The van der Waals surface area contributed by atoms with E-state index >= 15 is 0 Å². The van der Waals surface area contributed by atoms with Crippen LogP contribution in [0.15, 0.2) is 41.7 Å². The van der Waals surface area contributed by atoms with Gasteiger partial charge in [0.15, 0.2) is 0 Å². The Balaban J connectivity index is 1.75. The summed E-state index contributed by atoms with van der Waals surface area (Å²) in [7, 11) is 1.47. The van der Waals surface area contributed by atoms with Crippen LogP contribution in [0.25, 0.3) is 0 Å². The van der Waals surface area contributed by atoms with Crippen molar-refractivity contribution in [3.8, 4) is 0 Å². The molecule has 126 valence electrons. The largest absolute Gasteiger partial charge is 0.444 e. The first-order valence-electron chi connectivity index (χ1n) is 7.81. The zero-order valence-corrected chi connectivity index (χ0v) is 13.6. The Labute approximate surface area is 139 Å². The van der Waals surface area contributed by atoms with E-state index in [9.17, 15) is 14.4 Å². The maximum absolute atomic E-state index is 12.4. The average molecular weight is 329 g/mol. The smallest absolute Gasteiger partial charge is 0.414 e. The predicted molar refractivity (Wildman–Crippen MR) is 85.4 cm³/mol. The molecule has 0 fully saturated rings. The Hall–Kier alpha value is -2.83. The Morgan fingerprint density at radius 2 is 2.00 bits per heavy atom. The maximum atomic E-state index is 12.4. The molecule has 3 rings (SSSR count). The summed E-state index contributed by atoms with van der Waals surface area (Å²) in [5.41, 5.74) is 2.05. The normalized spacial score (nSPS) is 19.6. The van der Waals surface area contributed by atoms with Crippen molar-refractivity contribution < 1.29 is 19.1 Å². The van der Waals surface area contributed by atoms with E-state index in [4.69, 9.17) is 4.74 Å². The highest BCUT2D eigenvalue weighted by molar-refractivity contribution is 6.02. The molecule has 1 aromatic carbocycles. The number of urea groups is 1. The second-order valence-corrected chi connectivity index (χ2v) is 5.72. The molecule has 2 heterocycles. The molecular formula is C17H19N3O4. The average Bonchev–Trinajstić information content (AvgIpc) is 3.13. The van der Waals surface area contributed by atoms with Gasteiger partial charge in [-0.2, -0.15) is 0 Å². The first kappa shape index (κ1) is 16.0. The number of rotatable bonds is 2. The van der Waals surface area contributed by atoms with Gasteiger partial charge in [0.2, 0.25) is 5.91 Å². The van der Waals surface area contributed by atoms with Crippen molar-refractivity contribution in [2.24, 2.45) is 5.92 Å². The van der Waals surface area contributed by atoms with E-state index in [1.165, 1.54) is 11.9 Å². The molecular weight excluding hydrogens is 310 g/mol. The number of hydrogen-bond donors (Lipinski definition) is 1. The summed E-state index contributed by atoms with van der Waals surface area (Å²) in [6.45, 7) is 2.27. The number of nitrogens with one attached hydrogen (secondary N) is 1.